The second-order valence-electron chi connectivity index (χ2n) is 4.38. The van der Waals surface area contributed by atoms with E-state index in [0.717, 1.165) is 12.3 Å². The van der Waals surface area contributed by atoms with Gasteiger partial charge in [0.15, 0.2) is 0 Å². The van der Waals surface area contributed by atoms with E-state index in [0.29, 0.717) is 16.1 Å². The number of anilines is 1. The van der Waals surface area contributed by atoms with Gasteiger partial charge in [-0.25, -0.2) is 4.98 Å². The molecule has 2 rings (SSSR count). The molecule has 1 aromatic rings. The highest BCUT2D eigenvalue weighted by molar-refractivity contribution is 8.00. The molecule has 4 nitrogen and oxygen atoms in total. The summed E-state index contributed by atoms with van der Waals surface area (Å²) in [6.07, 6.45) is 0. The summed E-state index contributed by atoms with van der Waals surface area (Å²) in [5.74, 6) is 1.12. The third-order valence-corrected chi connectivity index (χ3v) is 4.86. The average molecular weight is 286 g/mol. The van der Waals surface area contributed by atoms with Crippen LogP contribution in [-0.4, -0.2) is 39.4 Å². The summed E-state index contributed by atoms with van der Waals surface area (Å²) < 4.78 is 0. The van der Waals surface area contributed by atoms with Crippen molar-refractivity contribution < 1.29 is 4.79 Å². The molecule has 1 aliphatic rings. The third kappa shape index (κ3) is 2.57. The van der Waals surface area contributed by atoms with Gasteiger partial charge >= 0.3 is 0 Å². The molecule has 0 aromatic carbocycles. The van der Waals surface area contributed by atoms with Crippen LogP contribution >= 0.6 is 23.4 Å². The minimum absolute atomic E-state index is 0.132. The summed E-state index contributed by atoms with van der Waals surface area (Å²) in [4.78, 5) is 18.3. The van der Waals surface area contributed by atoms with Gasteiger partial charge < -0.3 is 10.6 Å². The number of nitrogens with zero attached hydrogens (tertiary/aromatic N) is 2. The molecule has 2 N–H and O–H groups in total. The minimum Gasteiger partial charge on any atom is -0.384 e. The van der Waals surface area contributed by atoms with Gasteiger partial charge in [-0.1, -0.05) is 18.5 Å². The number of carbonyl (C=O) groups is 1. The summed E-state index contributed by atoms with van der Waals surface area (Å²) >= 11 is 7.90. The number of amides is 1. The number of pyridine rings is 1. The molecule has 0 aliphatic carbocycles. The summed E-state index contributed by atoms with van der Waals surface area (Å²) in [5.41, 5.74) is 5.86. The zero-order valence-corrected chi connectivity index (χ0v) is 12.0. The largest absolute Gasteiger partial charge is 0.384 e. The molecule has 1 fully saturated rings. The highest BCUT2D eigenvalue weighted by atomic mass is 35.5. The lowest BCUT2D eigenvalue weighted by atomic mass is 10.2. The molecule has 6 heteroatoms. The standard InChI is InChI=1S/C12H16ClN3OS/c1-7-8(2)18-6-5-16(7)12(17)11-9(13)3-4-10(14)15-11/h3-4,7-8H,5-6H2,1-2H3,(H2,14,15). The molecule has 2 heterocycles. The maximum absolute atomic E-state index is 12.4. The van der Waals surface area contributed by atoms with Crippen LogP contribution in [0.2, 0.25) is 5.02 Å². The van der Waals surface area contributed by atoms with Gasteiger partial charge in [0.05, 0.1) is 5.02 Å². The van der Waals surface area contributed by atoms with Crippen molar-refractivity contribution >= 4 is 35.1 Å². The first-order valence-corrected chi connectivity index (χ1v) is 7.28. The predicted octanol–water partition coefficient (Wildman–Crippen LogP) is 2.28. The van der Waals surface area contributed by atoms with E-state index in [2.05, 4.69) is 18.8 Å². The number of halogens is 1. The lowest BCUT2D eigenvalue weighted by Crippen LogP contribution is -2.48. The van der Waals surface area contributed by atoms with Crippen molar-refractivity contribution in [2.45, 2.75) is 25.1 Å². The Morgan fingerprint density at radius 2 is 2.28 bits per heavy atom. The maximum atomic E-state index is 12.4. The van der Waals surface area contributed by atoms with E-state index < -0.39 is 0 Å². The Morgan fingerprint density at radius 1 is 1.56 bits per heavy atom. The Balaban J connectivity index is 2.27. The summed E-state index contributed by atoms with van der Waals surface area (Å²) in [7, 11) is 0. The summed E-state index contributed by atoms with van der Waals surface area (Å²) in [6, 6.07) is 3.39. The van der Waals surface area contributed by atoms with Crippen molar-refractivity contribution in [3.05, 3.63) is 22.8 Å². The van der Waals surface area contributed by atoms with Crippen LogP contribution in [0.25, 0.3) is 0 Å². The van der Waals surface area contributed by atoms with Crippen LogP contribution in [0.15, 0.2) is 12.1 Å². The molecule has 2 atom stereocenters. The van der Waals surface area contributed by atoms with Gasteiger partial charge in [0, 0.05) is 23.6 Å². The first-order valence-electron chi connectivity index (χ1n) is 5.85. The van der Waals surface area contributed by atoms with Crippen LogP contribution < -0.4 is 5.73 Å². The van der Waals surface area contributed by atoms with Crippen molar-refractivity contribution in [3.63, 3.8) is 0 Å². The monoisotopic (exact) mass is 285 g/mol. The van der Waals surface area contributed by atoms with Crippen molar-refractivity contribution in [2.24, 2.45) is 0 Å². The lowest BCUT2D eigenvalue weighted by molar-refractivity contribution is 0.0692. The number of carbonyl (C=O) groups excluding carboxylic acids is 1. The summed E-state index contributed by atoms with van der Waals surface area (Å²) in [6.45, 7) is 4.90. The number of aromatic nitrogens is 1. The zero-order valence-electron chi connectivity index (χ0n) is 10.4. The van der Waals surface area contributed by atoms with Gasteiger partial charge in [-0.05, 0) is 19.1 Å². The number of hydrogen-bond acceptors (Lipinski definition) is 4. The fraction of sp³-hybridized carbons (Fsp3) is 0.500. The van der Waals surface area contributed by atoms with Gasteiger partial charge in [0.25, 0.3) is 5.91 Å². The van der Waals surface area contributed by atoms with Gasteiger partial charge in [0.2, 0.25) is 0 Å². The molecule has 98 valence electrons. The van der Waals surface area contributed by atoms with Gasteiger partial charge in [0.1, 0.15) is 11.5 Å². The van der Waals surface area contributed by atoms with E-state index in [1.807, 2.05) is 16.7 Å². The van der Waals surface area contributed by atoms with Crippen molar-refractivity contribution in [3.8, 4) is 0 Å². The lowest BCUT2D eigenvalue weighted by Gasteiger charge is -2.37. The molecule has 18 heavy (non-hydrogen) atoms. The van der Waals surface area contributed by atoms with Crippen LogP contribution in [0.1, 0.15) is 24.3 Å². The molecule has 1 aromatic heterocycles. The fourth-order valence-corrected chi connectivity index (χ4v) is 3.25. The van der Waals surface area contributed by atoms with Crippen molar-refractivity contribution in [1.29, 1.82) is 0 Å². The van der Waals surface area contributed by atoms with Crippen LogP contribution in [0.4, 0.5) is 5.82 Å². The van der Waals surface area contributed by atoms with Gasteiger partial charge in [-0.15, -0.1) is 0 Å². The van der Waals surface area contributed by atoms with Gasteiger partial charge in [-0.3, -0.25) is 4.79 Å². The van der Waals surface area contributed by atoms with E-state index in [9.17, 15) is 4.79 Å². The molecule has 1 saturated heterocycles. The van der Waals surface area contributed by atoms with Crippen LogP contribution in [-0.2, 0) is 0 Å². The maximum Gasteiger partial charge on any atom is 0.274 e. The van der Waals surface area contributed by atoms with E-state index in [-0.39, 0.29) is 17.6 Å². The topological polar surface area (TPSA) is 59.2 Å². The highest BCUT2D eigenvalue weighted by Crippen LogP contribution is 2.27. The normalized spacial score (nSPS) is 24.1. The Labute approximate surface area is 116 Å². The molecule has 2 unspecified atom stereocenters. The first kappa shape index (κ1) is 13.5. The van der Waals surface area contributed by atoms with Crippen LogP contribution in [0.3, 0.4) is 0 Å². The van der Waals surface area contributed by atoms with Gasteiger partial charge in [-0.2, -0.15) is 11.8 Å². The zero-order chi connectivity index (χ0) is 13.3. The molecular formula is C12H16ClN3OS. The van der Waals surface area contributed by atoms with Crippen molar-refractivity contribution in [1.82, 2.24) is 9.88 Å². The number of nitrogen functional groups attached to an aromatic ring is 1. The fourth-order valence-electron chi connectivity index (χ4n) is 1.96. The third-order valence-electron chi connectivity index (χ3n) is 3.21. The number of nitrogens with two attached hydrogens (primary N) is 1. The Kier molecular flexibility index (Phi) is 4.02. The number of hydrogen-bond donors (Lipinski definition) is 1. The molecule has 1 amide bonds. The summed E-state index contributed by atoms with van der Waals surface area (Å²) in [5, 5.41) is 0.773. The number of rotatable bonds is 1. The second-order valence-corrected chi connectivity index (χ2v) is 6.27. The quantitative estimate of drug-likeness (QED) is 0.860. The van der Waals surface area contributed by atoms with Crippen LogP contribution in [0, 0.1) is 0 Å². The molecule has 0 radical (unpaired) electrons. The van der Waals surface area contributed by atoms with Crippen molar-refractivity contribution in [2.75, 3.05) is 18.0 Å². The Morgan fingerprint density at radius 3 is 3.00 bits per heavy atom. The first-order chi connectivity index (χ1) is 8.50. The minimum atomic E-state index is -0.132. The molecule has 0 spiro atoms. The highest BCUT2D eigenvalue weighted by Gasteiger charge is 2.31. The molecule has 0 bridgehead atoms. The molecule has 0 saturated carbocycles. The smallest absolute Gasteiger partial charge is 0.274 e. The van der Waals surface area contributed by atoms with E-state index in [1.165, 1.54) is 0 Å². The second kappa shape index (κ2) is 5.36. The molecular weight excluding hydrogens is 270 g/mol. The predicted molar refractivity (Wildman–Crippen MR) is 76.1 cm³/mol. The van der Waals surface area contributed by atoms with E-state index in [4.69, 9.17) is 17.3 Å². The Hall–Kier alpha value is -0.940. The SMILES string of the molecule is CC1SCCN(C(=O)c2nc(N)ccc2Cl)C1C. The van der Waals surface area contributed by atoms with Crippen LogP contribution in [0.5, 0.6) is 0 Å². The van der Waals surface area contributed by atoms with E-state index in [1.54, 1.807) is 12.1 Å². The average Bonchev–Trinajstić information content (AvgIpc) is 2.35. The Bertz CT molecular complexity index is 469. The number of thioether (sulfide) groups is 1. The molecule has 1 aliphatic heterocycles. The van der Waals surface area contributed by atoms with E-state index >= 15 is 0 Å².